The molecule has 1 nitrogen and oxygen atoms in total. The van der Waals surface area contributed by atoms with Crippen LogP contribution < -0.4 is 4.57 Å². The van der Waals surface area contributed by atoms with Crippen LogP contribution >= 0.6 is 0 Å². The predicted molar refractivity (Wildman–Crippen MR) is 103 cm³/mol. The van der Waals surface area contributed by atoms with Gasteiger partial charge in [0.2, 0.25) is 5.69 Å². The molecule has 3 aromatic carbocycles. The minimum Gasteiger partial charge on any atom is -0.197 e. The molecule has 0 saturated carbocycles. The Balaban J connectivity index is 1.82. The van der Waals surface area contributed by atoms with E-state index in [9.17, 15) is 0 Å². The number of fused-ring (bicyclic) bond motifs is 4. The molecule has 0 radical (unpaired) electrons. The second kappa shape index (κ2) is 5.86. The van der Waals surface area contributed by atoms with E-state index in [1.807, 2.05) is 0 Å². The number of hydrogen-bond donors (Lipinski definition) is 0. The van der Waals surface area contributed by atoms with Crippen LogP contribution in [0.5, 0.6) is 0 Å². The number of pyridine rings is 1. The van der Waals surface area contributed by atoms with E-state index in [1.54, 1.807) is 0 Å². The summed E-state index contributed by atoms with van der Waals surface area (Å²) in [5.41, 5.74) is 7.06. The molecule has 2 heterocycles. The fraction of sp³-hybridized carbons (Fsp3) is 0.125. The lowest BCUT2D eigenvalue weighted by Gasteiger charge is -2.19. The highest BCUT2D eigenvalue weighted by atomic mass is 15.0. The molecule has 5 rings (SSSR count). The van der Waals surface area contributed by atoms with Crippen molar-refractivity contribution in [2.75, 3.05) is 0 Å². The quantitative estimate of drug-likeness (QED) is 0.460. The van der Waals surface area contributed by atoms with Crippen LogP contribution in [0.25, 0.3) is 22.0 Å². The largest absolute Gasteiger partial charge is 0.216 e. The second-order valence-corrected chi connectivity index (χ2v) is 6.81. The highest BCUT2D eigenvalue weighted by Crippen LogP contribution is 2.33. The van der Waals surface area contributed by atoms with Crippen LogP contribution in [0, 0.1) is 0 Å². The molecule has 1 heteroatoms. The minimum absolute atomic E-state index is 0.964. The number of rotatable bonds is 2. The molecule has 0 N–H and O–H groups in total. The van der Waals surface area contributed by atoms with Crippen molar-refractivity contribution in [2.45, 2.75) is 19.4 Å². The van der Waals surface area contributed by atoms with Gasteiger partial charge in [-0.1, -0.05) is 66.7 Å². The van der Waals surface area contributed by atoms with E-state index in [-0.39, 0.29) is 0 Å². The first kappa shape index (κ1) is 14.4. The fourth-order valence-electron chi connectivity index (χ4n) is 4.10. The Morgan fingerprint density at radius 1 is 0.760 bits per heavy atom. The van der Waals surface area contributed by atoms with Crippen LogP contribution in [0.1, 0.15) is 16.7 Å². The molecule has 0 aliphatic carbocycles. The summed E-state index contributed by atoms with van der Waals surface area (Å²) < 4.78 is 2.46. The summed E-state index contributed by atoms with van der Waals surface area (Å²) in [6, 6.07) is 28.5. The van der Waals surface area contributed by atoms with E-state index >= 15 is 0 Å². The van der Waals surface area contributed by atoms with Crippen LogP contribution in [0.3, 0.4) is 0 Å². The van der Waals surface area contributed by atoms with Crippen molar-refractivity contribution >= 4 is 10.8 Å². The van der Waals surface area contributed by atoms with Crippen molar-refractivity contribution in [3.8, 4) is 11.3 Å². The number of aryl methyl sites for hydroxylation is 2. The predicted octanol–water partition coefficient (Wildman–Crippen LogP) is 4.94. The third-order valence-corrected chi connectivity index (χ3v) is 5.27. The maximum atomic E-state index is 2.46. The smallest absolute Gasteiger partial charge is 0.197 e. The van der Waals surface area contributed by atoms with Gasteiger partial charge in [0.25, 0.3) is 0 Å². The summed E-state index contributed by atoms with van der Waals surface area (Å²) in [7, 11) is 0. The van der Waals surface area contributed by atoms with Gasteiger partial charge in [-0.15, -0.1) is 0 Å². The molecule has 0 bridgehead atoms. The summed E-state index contributed by atoms with van der Waals surface area (Å²) in [4.78, 5) is 0. The summed E-state index contributed by atoms with van der Waals surface area (Å²) in [6.07, 6.45) is 4.40. The van der Waals surface area contributed by atoms with Crippen molar-refractivity contribution in [1.29, 1.82) is 0 Å². The molecule has 4 aromatic rings. The van der Waals surface area contributed by atoms with Gasteiger partial charge in [-0.2, -0.15) is 4.57 Å². The summed E-state index contributed by atoms with van der Waals surface area (Å²) >= 11 is 0. The van der Waals surface area contributed by atoms with Crippen LogP contribution in [-0.2, 0) is 19.4 Å². The molecule has 0 atom stereocenters. The zero-order valence-electron chi connectivity index (χ0n) is 14.2. The van der Waals surface area contributed by atoms with Crippen molar-refractivity contribution in [2.24, 2.45) is 0 Å². The number of nitrogens with zero attached hydrogens (tertiary/aromatic N) is 1. The lowest BCUT2D eigenvalue weighted by atomic mass is 9.89. The Labute approximate surface area is 148 Å². The van der Waals surface area contributed by atoms with Gasteiger partial charge < -0.3 is 0 Å². The van der Waals surface area contributed by atoms with Crippen LogP contribution in [-0.4, -0.2) is 0 Å². The molecule has 0 fully saturated rings. The molecule has 1 aliphatic heterocycles. The van der Waals surface area contributed by atoms with Gasteiger partial charge in [0.1, 0.15) is 0 Å². The van der Waals surface area contributed by atoms with E-state index in [2.05, 4.69) is 89.6 Å². The lowest BCUT2D eigenvalue weighted by molar-refractivity contribution is -0.686. The molecular formula is C24H20N+. The molecule has 0 unspecified atom stereocenters. The normalized spacial score (nSPS) is 12.6. The number of hydrogen-bond acceptors (Lipinski definition) is 0. The molecular weight excluding hydrogens is 302 g/mol. The van der Waals surface area contributed by atoms with E-state index in [0.29, 0.717) is 0 Å². The number of aromatic nitrogens is 1. The zero-order valence-corrected chi connectivity index (χ0v) is 14.2. The van der Waals surface area contributed by atoms with Gasteiger partial charge in [0.15, 0.2) is 12.7 Å². The average Bonchev–Trinajstić information content (AvgIpc) is 2.68. The van der Waals surface area contributed by atoms with Crippen molar-refractivity contribution < 1.29 is 4.57 Å². The lowest BCUT2D eigenvalue weighted by Crippen LogP contribution is -2.41. The van der Waals surface area contributed by atoms with Crippen molar-refractivity contribution in [1.82, 2.24) is 0 Å². The Hall–Kier alpha value is -2.93. The Morgan fingerprint density at radius 2 is 1.52 bits per heavy atom. The Morgan fingerprint density at radius 3 is 2.44 bits per heavy atom. The van der Waals surface area contributed by atoms with E-state index in [0.717, 1.165) is 19.4 Å². The van der Waals surface area contributed by atoms with Gasteiger partial charge in [0.05, 0.1) is 0 Å². The van der Waals surface area contributed by atoms with Gasteiger partial charge in [-0.05, 0) is 28.6 Å². The van der Waals surface area contributed by atoms with E-state index in [1.165, 1.54) is 38.7 Å². The summed E-state index contributed by atoms with van der Waals surface area (Å²) in [5, 5.41) is 2.70. The third-order valence-electron chi connectivity index (χ3n) is 5.27. The zero-order chi connectivity index (χ0) is 16.6. The monoisotopic (exact) mass is 322 g/mol. The summed E-state index contributed by atoms with van der Waals surface area (Å²) in [5.74, 6) is 0. The first-order valence-electron chi connectivity index (χ1n) is 8.96. The van der Waals surface area contributed by atoms with E-state index < -0.39 is 0 Å². The van der Waals surface area contributed by atoms with Crippen LogP contribution in [0.2, 0.25) is 0 Å². The van der Waals surface area contributed by atoms with Gasteiger partial charge in [0, 0.05) is 29.4 Å². The average molecular weight is 322 g/mol. The molecule has 120 valence electrons. The molecule has 1 aliphatic rings. The maximum Gasteiger partial charge on any atom is 0.216 e. The third kappa shape index (κ3) is 2.44. The topological polar surface area (TPSA) is 3.88 Å². The molecule has 0 saturated heterocycles. The second-order valence-electron chi connectivity index (χ2n) is 6.81. The highest BCUT2D eigenvalue weighted by Gasteiger charge is 2.27. The molecule has 25 heavy (non-hydrogen) atoms. The SMILES string of the molecule is c1ccc(Cc2c3[n+](cc4ccccc24)CCc2ccccc2-3)cc1. The minimum atomic E-state index is 0.964. The molecule has 0 amide bonds. The van der Waals surface area contributed by atoms with E-state index in [4.69, 9.17) is 0 Å². The van der Waals surface area contributed by atoms with Gasteiger partial charge >= 0.3 is 0 Å². The summed E-state index contributed by atoms with van der Waals surface area (Å²) in [6.45, 7) is 1.05. The maximum absolute atomic E-state index is 2.46. The number of benzene rings is 3. The first-order chi connectivity index (χ1) is 12.4. The fourth-order valence-corrected chi connectivity index (χ4v) is 4.10. The van der Waals surface area contributed by atoms with Crippen molar-refractivity contribution in [3.63, 3.8) is 0 Å². The molecule has 0 spiro atoms. The van der Waals surface area contributed by atoms with Gasteiger partial charge in [-0.3, -0.25) is 0 Å². The molecule has 1 aromatic heterocycles. The van der Waals surface area contributed by atoms with Crippen molar-refractivity contribution in [3.05, 3.63) is 102 Å². The highest BCUT2D eigenvalue weighted by molar-refractivity contribution is 5.89. The van der Waals surface area contributed by atoms with Crippen LogP contribution in [0.15, 0.2) is 85.1 Å². The Bertz CT molecular complexity index is 1060. The Kier molecular flexibility index (Phi) is 3.38. The standard InChI is InChI=1S/C24H20N/c1-2-8-18(9-3-1)16-23-21-12-6-5-11-20(21)17-25-15-14-19-10-4-7-13-22(19)24(23)25/h1-13,17H,14-16H2/q+1. The van der Waals surface area contributed by atoms with Crippen LogP contribution in [0.4, 0.5) is 0 Å². The van der Waals surface area contributed by atoms with Gasteiger partial charge in [-0.25, -0.2) is 0 Å². The first-order valence-corrected chi connectivity index (χ1v) is 8.96.